The number of nitrogens with zero attached hydrogens (tertiary/aromatic N) is 1. The predicted molar refractivity (Wildman–Crippen MR) is 88.0 cm³/mol. The summed E-state index contributed by atoms with van der Waals surface area (Å²) in [5, 5.41) is 13.6. The van der Waals surface area contributed by atoms with E-state index in [4.69, 9.17) is 9.52 Å². The van der Waals surface area contributed by atoms with Gasteiger partial charge in [-0.2, -0.15) is 0 Å². The van der Waals surface area contributed by atoms with Crippen molar-refractivity contribution < 1.29 is 32.7 Å². The third-order valence-corrected chi connectivity index (χ3v) is 4.03. The number of carboxylic acid groups (broad SMARTS) is 1. The van der Waals surface area contributed by atoms with Crippen LogP contribution in [0.1, 0.15) is 30.0 Å². The Hall–Kier alpha value is -3.43. The second kappa shape index (κ2) is 7.44. The third kappa shape index (κ3) is 3.73. The molecule has 3 N–H and O–H groups in total. The zero-order valence-electron chi connectivity index (χ0n) is 13.9. The molecule has 1 aliphatic rings. The number of amides is 4. The second-order valence-corrected chi connectivity index (χ2v) is 5.85. The minimum absolute atomic E-state index is 0.0255. The van der Waals surface area contributed by atoms with E-state index in [9.17, 15) is 23.2 Å². The van der Waals surface area contributed by atoms with Gasteiger partial charge in [-0.05, 0) is 24.1 Å². The van der Waals surface area contributed by atoms with Crippen molar-refractivity contribution in [3.05, 3.63) is 53.5 Å². The molecular formula is C17H15F2N3O5. The normalized spacial score (nSPS) is 15.9. The molecule has 4 amide bonds. The van der Waals surface area contributed by atoms with E-state index in [2.05, 4.69) is 10.6 Å². The van der Waals surface area contributed by atoms with E-state index >= 15 is 0 Å². The number of carbonyl (C=O) groups is 3. The first-order chi connectivity index (χ1) is 12.9. The number of halogens is 2. The zero-order valence-corrected chi connectivity index (χ0v) is 13.9. The molecule has 0 saturated heterocycles. The number of furan rings is 1. The zero-order chi connectivity index (χ0) is 19.6. The van der Waals surface area contributed by atoms with Crippen molar-refractivity contribution in [1.82, 2.24) is 10.2 Å². The molecule has 1 aliphatic heterocycles. The summed E-state index contributed by atoms with van der Waals surface area (Å²) in [5.41, 5.74) is 0.873. The van der Waals surface area contributed by atoms with Gasteiger partial charge in [-0.3, -0.25) is 4.79 Å². The molecule has 0 aliphatic carbocycles. The number of benzene rings is 1. The van der Waals surface area contributed by atoms with Crippen molar-refractivity contribution in [1.29, 1.82) is 0 Å². The number of hydrogen-bond donors (Lipinski definition) is 3. The molecule has 8 nitrogen and oxygen atoms in total. The molecule has 0 radical (unpaired) electrons. The molecule has 1 atom stereocenters. The van der Waals surface area contributed by atoms with Gasteiger partial charge in [0.2, 0.25) is 0 Å². The third-order valence-electron chi connectivity index (χ3n) is 4.03. The minimum Gasteiger partial charge on any atom is -0.481 e. The fraction of sp³-hybridized carbons (Fsp3) is 0.235. The molecule has 3 rings (SSSR count). The van der Waals surface area contributed by atoms with E-state index in [0.717, 1.165) is 17.0 Å². The summed E-state index contributed by atoms with van der Waals surface area (Å²) in [6, 6.07) is 0.444. The van der Waals surface area contributed by atoms with Crippen LogP contribution in [0.2, 0.25) is 0 Å². The van der Waals surface area contributed by atoms with Gasteiger partial charge in [0.25, 0.3) is 0 Å². The fourth-order valence-corrected chi connectivity index (χ4v) is 2.79. The Balaban J connectivity index is 1.90. The number of carboxylic acids is 1. The Morgan fingerprint density at radius 3 is 2.74 bits per heavy atom. The highest BCUT2D eigenvalue weighted by Gasteiger charge is 2.39. The standard InChI is InChI=1S/C17H15F2N3O5/c18-11-4-3-9(6-12(11)19)15-10-7-27-8-13(10)21-17(26)22(15)16(25)20-5-1-2-14(23)24/h3-4,6-8,15H,1-2,5H2,(H,20,25)(H,21,26)(H,23,24)/t15-/m0/s1. The molecule has 2 heterocycles. The monoisotopic (exact) mass is 379 g/mol. The molecule has 2 aromatic rings. The van der Waals surface area contributed by atoms with Crippen LogP contribution in [0.25, 0.3) is 0 Å². The Labute approximate surface area is 151 Å². The van der Waals surface area contributed by atoms with Crippen molar-refractivity contribution in [2.24, 2.45) is 0 Å². The van der Waals surface area contributed by atoms with Crippen LogP contribution in [0.5, 0.6) is 0 Å². The second-order valence-electron chi connectivity index (χ2n) is 5.85. The summed E-state index contributed by atoms with van der Waals surface area (Å²) in [6.07, 6.45) is 2.59. The molecule has 0 unspecified atom stereocenters. The largest absolute Gasteiger partial charge is 0.481 e. The van der Waals surface area contributed by atoms with E-state index < -0.39 is 35.7 Å². The Bertz CT molecular complexity index is 898. The van der Waals surface area contributed by atoms with Crippen LogP contribution in [-0.2, 0) is 4.79 Å². The first-order valence-electron chi connectivity index (χ1n) is 7.99. The summed E-state index contributed by atoms with van der Waals surface area (Å²) < 4.78 is 32.1. The fourth-order valence-electron chi connectivity index (χ4n) is 2.79. The first-order valence-corrected chi connectivity index (χ1v) is 7.99. The van der Waals surface area contributed by atoms with Gasteiger partial charge >= 0.3 is 18.0 Å². The summed E-state index contributed by atoms with van der Waals surface area (Å²) in [5.74, 6) is -3.19. The van der Waals surface area contributed by atoms with E-state index in [1.54, 1.807) is 0 Å². The lowest BCUT2D eigenvalue weighted by molar-refractivity contribution is -0.137. The Morgan fingerprint density at radius 1 is 1.26 bits per heavy atom. The maximum Gasteiger partial charge on any atom is 0.330 e. The van der Waals surface area contributed by atoms with Gasteiger partial charge in [-0.25, -0.2) is 23.3 Å². The quantitative estimate of drug-likeness (QED) is 0.691. The van der Waals surface area contributed by atoms with Crippen LogP contribution in [0, 0.1) is 11.6 Å². The number of carbonyl (C=O) groups excluding carboxylic acids is 2. The number of urea groups is 2. The van der Waals surface area contributed by atoms with Gasteiger partial charge in [0, 0.05) is 18.5 Å². The number of fused-ring (bicyclic) bond motifs is 1. The lowest BCUT2D eigenvalue weighted by Crippen LogP contribution is -2.50. The lowest BCUT2D eigenvalue weighted by Gasteiger charge is -2.34. The number of imide groups is 1. The topological polar surface area (TPSA) is 112 Å². The smallest absolute Gasteiger partial charge is 0.330 e. The van der Waals surface area contributed by atoms with Crippen LogP contribution in [0.3, 0.4) is 0 Å². The first kappa shape index (κ1) is 18.4. The maximum absolute atomic E-state index is 13.7. The van der Waals surface area contributed by atoms with Gasteiger partial charge in [0.1, 0.15) is 6.26 Å². The van der Waals surface area contributed by atoms with Gasteiger partial charge in [0.15, 0.2) is 11.6 Å². The Morgan fingerprint density at radius 2 is 2.04 bits per heavy atom. The van der Waals surface area contributed by atoms with E-state index in [1.807, 2.05) is 0 Å². The van der Waals surface area contributed by atoms with Crippen LogP contribution in [0.15, 0.2) is 35.1 Å². The number of rotatable bonds is 5. The predicted octanol–water partition coefficient (Wildman–Crippen LogP) is 3.07. The van der Waals surface area contributed by atoms with Crippen molar-refractivity contribution in [2.75, 3.05) is 11.9 Å². The lowest BCUT2D eigenvalue weighted by atomic mass is 9.97. The van der Waals surface area contributed by atoms with Gasteiger partial charge < -0.3 is 20.2 Å². The van der Waals surface area contributed by atoms with Gasteiger partial charge in [0.05, 0.1) is 18.0 Å². The molecule has 1 aromatic carbocycles. The summed E-state index contributed by atoms with van der Waals surface area (Å²) in [6.45, 7) is 0.0255. The summed E-state index contributed by atoms with van der Waals surface area (Å²) >= 11 is 0. The van der Waals surface area contributed by atoms with Crippen LogP contribution >= 0.6 is 0 Å². The van der Waals surface area contributed by atoms with Crippen molar-refractivity contribution in [3.63, 3.8) is 0 Å². The highest BCUT2D eigenvalue weighted by molar-refractivity contribution is 6.03. The van der Waals surface area contributed by atoms with Crippen molar-refractivity contribution in [3.8, 4) is 0 Å². The average molecular weight is 379 g/mol. The molecule has 10 heteroatoms. The average Bonchev–Trinajstić information content (AvgIpc) is 3.07. The molecule has 0 spiro atoms. The van der Waals surface area contributed by atoms with Crippen molar-refractivity contribution >= 4 is 23.7 Å². The molecular weight excluding hydrogens is 364 g/mol. The van der Waals surface area contributed by atoms with Crippen LogP contribution < -0.4 is 10.6 Å². The molecule has 1 aromatic heterocycles. The number of anilines is 1. The molecule has 0 bridgehead atoms. The highest BCUT2D eigenvalue weighted by atomic mass is 19.2. The van der Waals surface area contributed by atoms with Gasteiger partial charge in [-0.1, -0.05) is 6.07 Å². The van der Waals surface area contributed by atoms with E-state index in [-0.39, 0.29) is 24.9 Å². The number of nitrogens with one attached hydrogen (secondary N) is 2. The summed E-state index contributed by atoms with van der Waals surface area (Å²) in [7, 11) is 0. The van der Waals surface area contributed by atoms with E-state index in [1.165, 1.54) is 18.6 Å². The van der Waals surface area contributed by atoms with E-state index in [0.29, 0.717) is 11.3 Å². The molecule has 142 valence electrons. The maximum atomic E-state index is 13.7. The number of aliphatic carboxylic acids is 1. The molecule has 0 saturated carbocycles. The SMILES string of the molecule is O=C(O)CCCNC(=O)N1C(=O)Nc2cocc2[C@@H]1c1ccc(F)c(F)c1. The molecule has 27 heavy (non-hydrogen) atoms. The Kier molecular flexibility index (Phi) is 5.06. The van der Waals surface area contributed by atoms with Crippen molar-refractivity contribution in [2.45, 2.75) is 18.9 Å². The number of hydrogen-bond acceptors (Lipinski definition) is 4. The van der Waals surface area contributed by atoms with Crippen LogP contribution in [0.4, 0.5) is 24.1 Å². The summed E-state index contributed by atoms with van der Waals surface area (Å²) in [4.78, 5) is 36.3. The minimum atomic E-state index is -1.12. The highest BCUT2D eigenvalue weighted by Crippen LogP contribution is 2.38. The molecule has 0 fully saturated rings. The van der Waals surface area contributed by atoms with Crippen LogP contribution in [-0.4, -0.2) is 34.6 Å². The van der Waals surface area contributed by atoms with Gasteiger partial charge in [-0.15, -0.1) is 0 Å².